The lowest BCUT2D eigenvalue weighted by molar-refractivity contribution is 0.508. The maximum absolute atomic E-state index is 14.1. The molecule has 0 aliphatic heterocycles. The second-order valence-corrected chi connectivity index (χ2v) is 16.5. The van der Waals surface area contributed by atoms with Gasteiger partial charge in [-0.2, -0.15) is 8.42 Å². The number of unbranched alkanes of at least 4 members (excludes halogenated alkanes) is 9. The minimum Gasteiger partial charge on any atom is -0.203 e. The van der Waals surface area contributed by atoms with Crippen LogP contribution in [0.3, 0.4) is 0 Å². The molecule has 4 rings (SSSR count). The molecule has 0 saturated carbocycles. The Bertz CT molecular complexity index is 1410. The van der Waals surface area contributed by atoms with E-state index in [9.17, 15) is 8.42 Å². The lowest BCUT2D eigenvalue weighted by atomic mass is 10.0. The molecule has 236 valence electrons. The van der Waals surface area contributed by atoms with Crippen LogP contribution in [0.2, 0.25) is 0 Å². The highest BCUT2D eigenvalue weighted by atomic mass is 32.3. The van der Waals surface area contributed by atoms with Crippen molar-refractivity contribution in [2.45, 2.75) is 118 Å². The van der Waals surface area contributed by atoms with Crippen molar-refractivity contribution >= 4 is 20.4 Å². The van der Waals surface area contributed by atoms with Crippen molar-refractivity contribution in [3.05, 3.63) is 119 Å². The van der Waals surface area contributed by atoms with Crippen LogP contribution in [0, 0.1) is 20.8 Å². The van der Waals surface area contributed by atoms with Crippen molar-refractivity contribution in [1.29, 1.82) is 0 Å². The SMILES string of the molecule is CCCCCCCCCCCCc1ccc(S(=O)(=O)OS(c2ccc(C)cc2)(c2ccc(C)cc2)c2ccc(C)cc2)cc1. The molecule has 3 nitrogen and oxygen atoms in total. The summed E-state index contributed by atoms with van der Waals surface area (Å²) in [5.74, 6) is 0. The van der Waals surface area contributed by atoms with Crippen LogP contribution in [-0.2, 0) is 20.2 Å². The fourth-order valence-corrected chi connectivity index (χ4v) is 10.7. The molecule has 0 aliphatic carbocycles. The van der Waals surface area contributed by atoms with E-state index in [1.807, 2.05) is 106 Å². The summed E-state index contributed by atoms with van der Waals surface area (Å²) in [6.45, 7) is 8.37. The first kappa shape index (κ1) is 34.0. The molecule has 0 saturated heterocycles. The van der Waals surface area contributed by atoms with Crippen LogP contribution in [0.15, 0.2) is 117 Å². The first-order chi connectivity index (χ1) is 21.2. The normalized spacial score (nSPS) is 12.4. The first-order valence-electron chi connectivity index (χ1n) is 16.3. The first-order valence-corrected chi connectivity index (χ1v) is 19.3. The van der Waals surface area contributed by atoms with E-state index in [0.29, 0.717) is 0 Å². The molecule has 5 heteroatoms. The average Bonchev–Trinajstić information content (AvgIpc) is 3.02. The molecule has 0 spiro atoms. The van der Waals surface area contributed by atoms with Crippen LogP contribution in [0.5, 0.6) is 0 Å². The fraction of sp³-hybridized carbons (Fsp3) is 0.385. The Kier molecular flexibility index (Phi) is 12.7. The van der Waals surface area contributed by atoms with Gasteiger partial charge in [0.1, 0.15) is 0 Å². The third-order valence-corrected chi connectivity index (χ3v) is 13.5. The number of aryl methyl sites for hydroxylation is 4. The van der Waals surface area contributed by atoms with Gasteiger partial charge in [-0.05, 0) is 98.0 Å². The molecule has 0 fully saturated rings. The Morgan fingerprint density at radius 2 is 0.795 bits per heavy atom. The molecule has 0 aromatic heterocycles. The molecular formula is C39H50O3S2. The molecule has 0 radical (unpaired) electrons. The second kappa shape index (κ2) is 16.5. The Hall–Kier alpha value is -2.86. The molecule has 0 bridgehead atoms. The molecule has 4 aromatic carbocycles. The Balaban J connectivity index is 1.54. The summed E-state index contributed by atoms with van der Waals surface area (Å²) >= 11 is 0. The van der Waals surface area contributed by atoms with E-state index in [1.165, 1.54) is 57.8 Å². The molecule has 4 aromatic rings. The summed E-state index contributed by atoms with van der Waals surface area (Å²) in [7, 11) is -6.74. The Morgan fingerprint density at radius 1 is 0.455 bits per heavy atom. The van der Waals surface area contributed by atoms with Gasteiger partial charge in [-0.25, -0.2) is 3.63 Å². The summed E-state index contributed by atoms with van der Waals surface area (Å²) in [4.78, 5) is 2.72. The summed E-state index contributed by atoms with van der Waals surface area (Å²) in [6.07, 6.45) is 14.0. The number of hydrogen-bond acceptors (Lipinski definition) is 3. The monoisotopic (exact) mass is 630 g/mol. The average molecular weight is 631 g/mol. The van der Waals surface area contributed by atoms with E-state index in [0.717, 1.165) is 49.8 Å². The lowest BCUT2D eigenvalue weighted by Crippen LogP contribution is -2.14. The number of rotatable bonds is 17. The van der Waals surface area contributed by atoms with E-state index < -0.39 is 20.4 Å². The van der Waals surface area contributed by atoms with Gasteiger partial charge in [0.25, 0.3) is 0 Å². The van der Waals surface area contributed by atoms with Crippen molar-refractivity contribution in [2.75, 3.05) is 0 Å². The van der Waals surface area contributed by atoms with E-state index >= 15 is 0 Å². The highest BCUT2D eigenvalue weighted by Gasteiger charge is 2.38. The number of hydrogen-bond donors (Lipinski definition) is 0. The van der Waals surface area contributed by atoms with Gasteiger partial charge in [0, 0.05) is 14.7 Å². The topological polar surface area (TPSA) is 43.4 Å². The van der Waals surface area contributed by atoms with E-state index in [2.05, 4.69) is 6.92 Å². The number of benzene rings is 4. The Labute approximate surface area is 268 Å². The van der Waals surface area contributed by atoms with E-state index in [4.69, 9.17) is 3.63 Å². The van der Waals surface area contributed by atoms with Gasteiger partial charge in [0.15, 0.2) is 0 Å². The van der Waals surface area contributed by atoms with Crippen molar-refractivity contribution in [3.63, 3.8) is 0 Å². The van der Waals surface area contributed by atoms with Crippen molar-refractivity contribution in [2.24, 2.45) is 0 Å². The molecular weight excluding hydrogens is 581 g/mol. The second-order valence-electron chi connectivity index (χ2n) is 12.1. The third kappa shape index (κ3) is 9.09. The van der Waals surface area contributed by atoms with Gasteiger partial charge >= 0.3 is 10.1 Å². The Morgan fingerprint density at radius 3 is 1.18 bits per heavy atom. The van der Waals surface area contributed by atoms with Crippen molar-refractivity contribution in [1.82, 2.24) is 0 Å². The fourth-order valence-electron chi connectivity index (χ4n) is 5.53. The zero-order valence-electron chi connectivity index (χ0n) is 27.1. The van der Waals surface area contributed by atoms with Crippen LogP contribution < -0.4 is 0 Å². The standard InChI is InChI=1S/C39H50O3S2/c1-5-6-7-8-9-10-11-12-13-14-15-35-22-30-39(31-23-35)44(40,41)42-43(36-24-16-32(2)17-25-36,37-26-18-33(3)19-27-37)38-28-20-34(4)21-29-38/h16-31H,5-15H2,1-4H3. The smallest absolute Gasteiger partial charge is 0.203 e. The third-order valence-electron chi connectivity index (χ3n) is 8.28. The maximum atomic E-state index is 14.1. The van der Waals surface area contributed by atoms with Gasteiger partial charge in [-0.3, -0.25) is 0 Å². The van der Waals surface area contributed by atoms with Crippen LogP contribution in [-0.4, -0.2) is 8.42 Å². The maximum Gasteiger partial charge on any atom is 0.307 e. The molecule has 44 heavy (non-hydrogen) atoms. The summed E-state index contributed by atoms with van der Waals surface area (Å²) < 4.78 is 34.8. The minimum absolute atomic E-state index is 0.188. The van der Waals surface area contributed by atoms with Crippen LogP contribution in [0.25, 0.3) is 0 Å². The van der Waals surface area contributed by atoms with Crippen molar-refractivity contribution < 1.29 is 12.0 Å². The quantitative estimate of drug-likeness (QED) is 0.109. The molecule has 0 N–H and O–H groups in total. The van der Waals surface area contributed by atoms with E-state index in [1.54, 1.807) is 12.1 Å². The largest absolute Gasteiger partial charge is 0.307 e. The van der Waals surface area contributed by atoms with Gasteiger partial charge < -0.3 is 0 Å². The van der Waals surface area contributed by atoms with Gasteiger partial charge in [0.05, 0.1) is 4.90 Å². The highest BCUT2D eigenvalue weighted by molar-refractivity contribution is 8.33. The van der Waals surface area contributed by atoms with Crippen molar-refractivity contribution in [3.8, 4) is 0 Å². The van der Waals surface area contributed by atoms with E-state index in [-0.39, 0.29) is 4.90 Å². The zero-order valence-corrected chi connectivity index (χ0v) is 28.7. The summed E-state index contributed by atoms with van der Waals surface area (Å²) in [6, 6.07) is 31.5. The zero-order chi connectivity index (χ0) is 31.4. The van der Waals surface area contributed by atoms with Gasteiger partial charge in [-0.1, -0.05) is 130 Å². The minimum atomic E-state index is -4.12. The van der Waals surface area contributed by atoms with Crippen LogP contribution in [0.4, 0.5) is 0 Å². The molecule has 0 unspecified atom stereocenters. The van der Waals surface area contributed by atoms with Crippen LogP contribution in [0.1, 0.15) is 93.4 Å². The summed E-state index contributed by atoms with van der Waals surface area (Å²) in [5.41, 5.74) is 4.49. The molecule has 0 heterocycles. The lowest BCUT2D eigenvalue weighted by Gasteiger charge is -2.39. The van der Waals surface area contributed by atoms with Gasteiger partial charge in [0.2, 0.25) is 0 Å². The molecule has 0 aliphatic rings. The highest BCUT2D eigenvalue weighted by Crippen LogP contribution is 2.70. The predicted octanol–water partition coefficient (Wildman–Crippen LogP) is 11.7. The predicted molar refractivity (Wildman–Crippen MR) is 186 cm³/mol. The molecule has 0 amide bonds. The van der Waals surface area contributed by atoms with Crippen LogP contribution >= 0.6 is 10.3 Å². The molecule has 0 atom stereocenters. The van der Waals surface area contributed by atoms with Gasteiger partial charge in [-0.15, -0.1) is 0 Å². The summed E-state index contributed by atoms with van der Waals surface area (Å²) in [5, 5.41) is 0.